The Bertz CT molecular complexity index is 1180. The van der Waals surface area contributed by atoms with E-state index >= 15 is 0 Å². The van der Waals surface area contributed by atoms with Crippen molar-refractivity contribution in [3.63, 3.8) is 0 Å². The van der Waals surface area contributed by atoms with Crippen molar-refractivity contribution in [3.05, 3.63) is 53.2 Å². The summed E-state index contributed by atoms with van der Waals surface area (Å²) in [4.78, 5) is 28.3. The van der Waals surface area contributed by atoms with Gasteiger partial charge in [0, 0.05) is 42.7 Å². The number of likely N-dealkylation sites (N-methyl/N-ethyl adjacent to an activating group) is 1. The van der Waals surface area contributed by atoms with E-state index in [1.807, 2.05) is 56.0 Å². The first kappa shape index (κ1) is 23.7. The lowest BCUT2D eigenvalue weighted by molar-refractivity contribution is -0.118. The van der Waals surface area contributed by atoms with Gasteiger partial charge in [0.15, 0.2) is 5.82 Å². The topological polar surface area (TPSA) is 101 Å². The third-order valence-corrected chi connectivity index (χ3v) is 6.05. The molecule has 0 saturated carbocycles. The van der Waals surface area contributed by atoms with Crippen molar-refractivity contribution >= 4 is 23.4 Å². The Hall–Kier alpha value is -3.49. The number of nitrogens with zero attached hydrogens (tertiary/aromatic N) is 6. The molecule has 1 aliphatic heterocycles. The summed E-state index contributed by atoms with van der Waals surface area (Å²) in [5.74, 6) is 1.40. The SMILES string of the molecule is Cc1nc(NCc2cnn(Cc3ccc(C(C)(C)C)nc3)c2)nc2c1NC(=O)[C@H](C(C)C)N2C. The van der Waals surface area contributed by atoms with Crippen LogP contribution in [0.3, 0.4) is 0 Å². The molecule has 0 bridgehead atoms. The molecule has 4 heterocycles. The zero-order valence-corrected chi connectivity index (χ0v) is 21.0. The van der Waals surface area contributed by atoms with Crippen LogP contribution in [0.5, 0.6) is 0 Å². The van der Waals surface area contributed by atoms with Crippen LogP contribution in [0.25, 0.3) is 0 Å². The van der Waals surface area contributed by atoms with E-state index in [1.165, 1.54) is 0 Å². The Balaban J connectivity index is 1.43. The highest BCUT2D eigenvalue weighted by molar-refractivity contribution is 6.03. The highest BCUT2D eigenvalue weighted by atomic mass is 16.2. The van der Waals surface area contributed by atoms with Gasteiger partial charge in [0.2, 0.25) is 11.9 Å². The first-order valence-corrected chi connectivity index (χ1v) is 11.7. The monoisotopic (exact) mass is 462 g/mol. The van der Waals surface area contributed by atoms with E-state index in [9.17, 15) is 4.79 Å². The number of carbonyl (C=O) groups is 1. The number of pyridine rings is 1. The number of amides is 1. The molecular weight excluding hydrogens is 428 g/mol. The Kier molecular flexibility index (Phi) is 6.29. The second-order valence-corrected chi connectivity index (χ2v) is 10.3. The molecular formula is C25H34N8O. The number of aryl methyl sites for hydroxylation is 1. The van der Waals surface area contributed by atoms with Crippen LogP contribution >= 0.6 is 0 Å². The molecule has 3 aromatic rings. The van der Waals surface area contributed by atoms with Crippen molar-refractivity contribution in [3.8, 4) is 0 Å². The summed E-state index contributed by atoms with van der Waals surface area (Å²) < 4.78 is 1.90. The number of nitrogens with one attached hydrogen (secondary N) is 2. The van der Waals surface area contributed by atoms with Crippen molar-refractivity contribution < 1.29 is 4.79 Å². The van der Waals surface area contributed by atoms with E-state index in [2.05, 4.69) is 58.6 Å². The van der Waals surface area contributed by atoms with Crippen molar-refractivity contribution in [2.75, 3.05) is 22.6 Å². The third kappa shape index (κ3) is 4.88. The normalized spacial score (nSPS) is 15.9. The molecule has 3 aromatic heterocycles. The molecule has 2 N–H and O–H groups in total. The van der Waals surface area contributed by atoms with Crippen molar-refractivity contribution in [1.82, 2.24) is 24.7 Å². The maximum absolute atomic E-state index is 12.5. The minimum atomic E-state index is -0.264. The number of carbonyl (C=O) groups excluding carboxylic acids is 1. The fourth-order valence-electron chi connectivity index (χ4n) is 4.21. The van der Waals surface area contributed by atoms with Gasteiger partial charge in [0.1, 0.15) is 11.7 Å². The van der Waals surface area contributed by atoms with E-state index in [0.29, 0.717) is 24.7 Å². The third-order valence-electron chi connectivity index (χ3n) is 6.05. The summed E-state index contributed by atoms with van der Waals surface area (Å²) in [7, 11) is 1.91. The van der Waals surface area contributed by atoms with Crippen molar-refractivity contribution in [2.24, 2.45) is 5.92 Å². The Morgan fingerprint density at radius 3 is 2.56 bits per heavy atom. The van der Waals surface area contributed by atoms with Gasteiger partial charge in [0.25, 0.3) is 0 Å². The molecule has 1 atom stereocenters. The molecule has 0 aromatic carbocycles. The Morgan fingerprint density at radius 1 is 1.15 bits per heavy atom. The van der Waals surface area contributed by atoms with E-state index in [1.54, 1.807) is 0 Å². The van der Waals surface area contributed by atoms with Gasteiger partial charge in [-0.25, -0.2) is 4.98 Å². The van der Waals surface area contributed by atoms with Gasteiger partial charge < -0.3 is 15.5 Å². The minimum absolute atomic E-state index is 0.0203. The van der Waals surface area contributed by atoms with Gasteiger partial charge >= 0.3 is 0 Å². The average Bonchev–Trinajstić information content (AvgIpc) is 3.20. The number of fused-ring (bicyclic) bond motifs is 1. The lowest BCUT2D eigenvalue weighted by atomic mass is 9.91. The van der Waals surface area contributed by atoms with Gasteiger partial charge in [-0.3, -0.25) is 14.5 Å². The van der Waals surface area contributed by atoms with Gasteiger partial charge in [-0.15, -0.1) is 0 Å². The Morgan fingerprint density at radius 2 is 1.91 bits per heavy atom. The summed E-state index contributed by atoms with van der Waals surface area (Å²) in [6.45, 7) is 13.6. The molecule has 1 amide bonds. The van der Waals surface area contributed by atoms with Crippen LogP contribution in [0, 0.1) is 12.8 Å². The number of aromatic nitrogens is 5. The van der Waals surface area contributed by atoms with Crippen LogP contribution in [0.4, 0.5) is 17.5 Å². The fraction of sp³-hybridized carbons (Fsp3) is 0.480. The maximum atomic E-state index is 12.5. The molecule has 4 rings (SSSR count). The second-order valence-electron chi connectivity index (χ2n) is 10.3. The number of hydrogen-bond donors (Lipinski definition) is 2. The summed E-state index contributed by atoms with van der Waals surface area (Å²) in [6, 6.07) is 3.93. The van der Waals surface area contributed by atoms with Crippen LogP contribution in [0.15, 0.2) is 30.7 Å². The molecule has 0 fully saturated rings. The number of anilines is 3. The summed E-state index contributed by atoms with van der Waals surface area (Å²) >= 11 is 0. The molecule has 0 radical (unpaired) electrons. The molecule has 0 spiro atoms. The molecule has 1 aliphatic rings. The molecule has 9 nitrogen and oxygen atoms in total. The van der Waals surface area contributed by atoms with Crippen LogP contribution in [0.1, 0.15) is 57.1 Å². The first-order chi connectivity index (χ1) is 16.0. The van der Waals surface area contributed by atoms with E-state index in [0.717, 1.165) is 28.3 Å². The molecule has 0 unspecified atom stereocenters. The Labute approximate surface area is 201 Å². The van der Waals surface area contributed by atoms with E-state index in [4.69, 9.17) is 4.98 Å². The van der Waals surface area contributed by atoms with Gasteiger partial charge in [-0.05, 0) is 24.5 Å². The van der Waals surface area contributed by atoms with Gasteiger partial charge in [-0.2, -0.15) is 10.1 Å². The highest BCUT2D eigenvalue weighted by Gasteiger charge is 2.35. The largest absolute Gasteiger partial charge is 0.350 e. The zero-order valence-electron chi connectivity index (χ0n) is 21.0. The quantitative estimate of drug-likeness (QED) is 0.575. The molecule has 9 heteroatoms. The molecule has 0 aliphatic carbocycles. The first-order valence-electron chi connectivity index (χ1n) is 11.7. The molecule has 34 heavy (non-hydrogen) atoms. The second kappa shape index (κ2) is 9.04. The summed E-state index contributed by atoms with van der Waals surface area (Å²) in [6.07, 6.45) is 5.77. The maximum Gasteiger partial charge on any atom is 0.247 e. The number of hydrogen-bond acceptors (Lipinski definition) is 7. The highest BCUT2D eigenvalue weighted by Crippen LogP contribution is 2.34. The number of rotatable bonds is 6. The minimum Gasteiger partial charge on any atom is -0.350 e. The fourth-order valence-corrected chi connectivity index (χ4v) is 4.21. The van der Waals surface area contributed by atoms with Crippen LogP contribution in [0.2, 0.25) is 0 Å². The van der Waals surface area contributed by atoms with Gasteiger partial charge in [0.05, 0.1) is 18.4 Å². The van der Waals surface area contributed by atoms with Crippen molar-refractivity contribution in [1.29, 1.82) is 0 Å². The summed E-state index contributed by atoms with van der Waals surface area (Å²) in [5.41, 5.74) is 4.66. The predicted octanol–water partition coefficient (Wildman–Crippen LogP) is 3.75. The van der Waals surface area contributed by atoms with E-state index < -0.39 is 0 Å². The lowest BCUT2D eigenvalue weighted by Gasteiger charge is -2.36. The average molecular weight is 463 g/mol. The van der Waals surface area contributed by atoms with Crippen LogP contribution < -0.4 is 15.5 Å². The van der Waals surface area contributed by atoms with Crippen molar-refractivity contribution in [2.45, 2.75) is 66.1 Å². The zero-order chi connectivity index (χ0) is 24.6. The predicted molar refractivity (Wildman–Crippen MR) is 134 cm³/mol. The van der Waals surface area contributed by atoms with Gasteiger partial charge in [-0.1, -0.05) is 40.7 Å². The van der Waals surface area contributed by atoms with Crippen LogP contribution in [-0.2, 0) is 23.3 Å². The standard InChI is InChI=1S/C25H34N8O/c1-15(2)21-23(34)30-20-16(3)29-24(31-22(20)32(21)7)27-11-18-12-28-33(14-18)13-17-8-9-19(26-10-17)25(4,5)6/h8-10,12,14-15,21H,11,13H2,1-7H3,(H,30,34)(H,27,29,31)/t21-/m0/s1. The summed E-state index contributed by atoms with van der Waals surface area (Å²) in [5, 5.41) is 10.8. The van der Waals surface area contributed by atoms with Crippen LogP contribution in [-0.4, -0.2) is 43.7 Å². The molecule has 0 saturated heterocycles. The lowest BCUT2D eigenvalue weighted by Crippen LogP contribution is -2.49. The smallest absolute Gasteiger partial charge is 0.247 e. The van der Waals surface area contributed by atoms with E-state index in [-0.39, 0.29) is 23.3 Å². The molecule has 180 valence electrons.